The van der Waals surface area contributed by atoms with E-state index in [-0.39, 0.29) is 11.7 Å². The highest BCUT2D eigenvalue weighted by atomic mass is 35.5. The molecular weight excluding hydrogens is 362 g/mol. The summed E-state index contributed by atoms with van der Waals surface area (Å²) in [6, 6.07) is 8.57. The molecule has 0 aliphatic heterocycles. The number of aromatic nitrogens is 1. The van der Waals surface area contributed by atoms with Gasteiger partial charge in [-0.3, -0.25) is 14.3 Å². The average Bonchev–Trinajstić information content (AvgIpc) is 2.53. The first-order chi connectivity index (χ1) is 11.8. The number of nitrogens with one attached hydrogen (secondary N) is 2. The number of pyridine rings is 1. The third-order valence-electron chi connectivity index (χ3n) is 3.43. The lowest BCUT2D eigenvalue weighted by Crippen LogP contribution is -2.34. The van der Waals surface area contributed by atoms with Crippen LogP contribution in [0.2, 0.25) is 5.02 Å². The Kier molecular flexibility index (Phi) is 6.52. The van der Waals surface area contributed by atoms with Crippen molar-refractivity contribution in [2.75, 3.05) is 0 Å². The Morgan fingerprint density at radius 3 is 2.68 bits per heavy atom. The van der Waals surface area contributed by atoms with E-state index >= 15 is 0 Å². The Hall–Kier alpha value is -1.96. The monoisotopic (exact) mass is 381 g/mol. The number of nitrogens with zero attached hydrogens (tertiary/aromatic N) is 1. The molecule has 0 radical (unpaired) electrons. The van der Waals surface area contributed by atoms with Gasteiger partial charge in [0, 0.05) is 36.3 Å². The molecule has 2 rings (SSSR count). The topological polar surface area (TPSA) is 83.4 Å². The molecule has 1 amide bonds. The second-order valence-corrected chi connectivity index (χ2v) is 7.08. The maximum Gasteiger partial charge on any atom is 0.272 e. The maximum absolute atomic E-state index is 12.3. The minimum Gasteiger partial charge on any atom is -0.503 e. The van der Waals surface area contributed by atoms with Gasteiger partial charge in [0.25, 0.3) is 5.91 Å². The molecule has 2 aromatic rings. The van der Waals surface area contributed by atoms with Gasteiger partial charge in [0.15, 0.2) is 11.4 Å². The van der Waals surface area contributed by atoms with E-state index in [0.29, 0.717) is 17.3 Å². The lowest BCUT2D eigenvalue weighted by molar-refractivity contribution is 0.0930. The molecule has 0 aliphatic rings. The number of amides is 1. The van der Waals surface area contributed by atoms with Gasteiger partial charge in [0.2, 0.25) is 5.43 Å². The fourth-order valence-electron chi connectivity index (χ4n) is 2.21. The molecule has 0 saturated carbocycles. The number of aromatic hydroxyl groups is 1. The Labute approximate surface area is 155 Å². The van der Waals surface area contributed by atoms with Crippen molar-refractivity contribution in [3.8, 4) is 5.75 Å². The first-order valence-corrected chi connectivity index (χ1v) is 8.87. The van der Waals surface area contributed by atoms with Crippen LogP contribution in [0.5, 0.6) is 5.75 Å². The zero-order valence-corrected chi connectivity index (χ0v) is 15.7. The van der Waals surface area contributed by atoms with Crippen molar-refractivity contribution in [3.63, 3.8) is 0 Å². The molecule has 8 heteroatoms. The molecule has 25 heavy (non-hydrogen) atoms. The SMILES string of the molecule is CC(C)NC(=O)c1c(O)c(=O)cc(CNSc2ccccc2Cl)n1C. The quantitative estimate of drug-likeness (QED) is 0.670. The fraction of sp³-hybridized carbons (Fsp3) is 0.294. The minimum absolute atomic E-state index is 0.0549. The summed E-state index contributed by atoms with van der Waals surface area (Å²) in [6.45, 7) is 3.92. The molecule has 3 N–H and O–H groups in total. The van der Waals surface area contributed by atoms with Gasteiger partial charge < -0.3 is 15.0 Å². The summed E-state index contributed by atoms with van der Waals surface area (Å²) in [5.74, 6) is -1.05. The molecular formula is C17H20ClN3O3S. The number of halogens is 1. The summed E-state index contributed by atoms with van der Waals surface area (Å²) >= 11 is 7.42. The van der Waals surface area contributed by atoms with E-state index in [4.69, 9.17) is 11.6 Å². The first kappa shape index (κ1) is 19.4. The van der Waals surface area contributed by atoms with E-state index in [9.17, 15) is 14.7 Å². The molecule has 134 valence electrons. The highest BCUT2D eigenvalue weighted by Crippen LogP contribution is 2.24. The smallest absolute Gasteiger partial charge is 0.272 e. The van der Waals surface area contributed by atoms with E-state index in [1.54, 1.807) is 27.0 Å². The first-order valence-electron chi connectivity index (χ1n) is 7.68. The maximum atomic E-state index is 12.3. The van der Waals surface area contributed by atoms with Crippen molar-refractivity contribution in [2.45, 2.75) is 31.3 Å². The third-order valence-corrected chi connectivity index (χ3v) is 4.73. The van der Waals surface area contributed by atoms with Crippen molar-refractivity contribution >= 4 is 29.5 Å². The van der Waals surface area contributed by atoms with E-state index in [1.807, 2.05) is 18.2 Å². The minimum atomic E-state index is -0.591. The van der Waals surface area contributed by atoms with Crippen molar-refractivity contribution in [1.82, 2.24) is 14.6 Å². The zero-order valence-electron chi connectivity index (χ0n) is 14.2. The van der Waals surface area contributed by atoms with Crippen molar-refractivity contribution in [1.29, 1.82) is 0 Å². The number of rotatable bonds is 6. The van der Waals surface area contributed by atoms with Gasteiger partial charge >= 0.3 is 0 Å². The number of carbonyl (C=O) groups is 1. The summed E-state index contributed by atoms with van der Waals surface area (Å²) in [5, 5.41) is 13.3. The second kappa shape index (κ2) is 8.42. The molecule has 0 spiro atoms. The van der Waals surface area contributed by atoms with E-state index in [1.165, 1.54) is 22.6 Å². The lowest BCUT2D eigenvalue weighted by Gasteiger charge is -2.17. The van der Waals surface area contributed by atoms with Gasteiger partial charge in [-0.15, -0.1) is 0 Å². The van der Waals surface area contributed by atoms with Crippen LogP contribution < -0.4 is 15.5 Å². The summed E-state index contributed by atoms with van der Waals surface area (Å²) in [5.41, 5.74) is -0.0800. The van der Waals surface area contributed by atoms with Crippen LogP contribution >= 0.6 is 23.5 Å². The zero-order chi connectivity index (χ0) is 18.6. The van der Waals surface area contributed by atoms with Crippen LogP contribution in [0.15, 0.2) is 40.0 Å². The molecule has 0 fully saturated rings. The number of carbonyl (C=O) groups excluding carboxylic acids is 1. The summed E-state index contributed by atoms with van der Waals surface area (Å²) in [7, 11) is 1.63. The standard InChI is InChI=1S/C17H20ClN3O3S/c1-10(2)20-17(24)15-16(23)13(22)8-11(21(15)3)9-19-25-14-7-5-4-6-12(14)18/h4-8,10,19,23H,9H2,1-3H3,(H,20,24). The summed E-state index contributed by atoms with van der Waals surface area (Å²) < 4.78 is 4.62. The van der Waals surface area contributed by atoms with Crippen LogP contribution in [0.1, 0.15) is 30.0 Å². The predicted molar refractivity (Wildman–Crippen MR) is 100 cm³/mol. The van der Waals surface area contributed by atoms with Crippen molar-refractivity contribution in [2.24, 2.45) is 7.05 Å². The van der Waals surface area contributed by atoms with Gasteiger partial charge in [-0.05, 0) is 37.9 Å². The highest BCUT2D eigenvalue weighted by molar-refractivity contribution is 7.97. The Bertz CT molecular complexity index is 836. The van der Waals surface area contributed by atoms with Crippen LogP contribution in [0.4, 0.5) is 0 Å². The lowest BCUT2D eigenvalue weighted by atomic mass is 10.2. The normalized spacial score (nSPS) is 10.9. The Morgan fingerprint density at radius 1 is 1.36 bits per heavy atom. The van der Waals surface area contributed by atoms with Crippen LogP contribution in [-0.4, -0.2) is 21.6 Å². The second-order valence-electron chi connectivity index (χ2n) is 5.74. The van der Waals surface area contributed by atoms with Gasteiger partial charge in [-0.25, -0.2) is 0 Å². The van der Waals surface area contributed by atoms with E-state index < -0.39 is 17.1 Å². The highest BCUT2D eigenvalue weighted by Gasteiger charge is 2.20. The summed E-state index contributed by atoms with van der Waals surface area (Å²) in [4.78, 5) is 25.1. The Morgan fingerprint density at radius 2 is 2.04 bits per heavy atom. The van der Waals surface area contributed by atoms with Crippen LogP contribution in [0, 0.1) is 0 Å². The number of hydrogen-bond donors (Lipinski definition) is 3. The van der Waals surface area contributed by atoms with E-state index in [0.717, 1.165) is 4.90 Å². The van der Waals surface area contributed by atoms with Gasteiger partial charge in [-0.1, -0.05) is 23.7 Å². The Balaban J connectivity index is 2.21. The number of benzene rings is 1. The summed E-state index contributed by atoms with van der Waals surface area (Å²) in [6.07, 6.45) is 0. The predicted octanol–water partition coefficient (Wildman–Crippen LogP) is 2.68. The van der Waals surface area contributed by atoms with Gasteiger partial charge in [-0.2, -0.15) is 0 Å². The molecule has 0 bridgehead atoms. The third kappa shape index (κ3) is 4.78. The largest absolute Gasteiger partial charge is 0.503 e. The molecule has 0 unspecified atom stereocenters. The molecule has 6 nitrogen and oxygen atoms in total. The molecule has 0 aliphatic carbocycles. The average molecular weight is 382 g/mol. The van der Waals surface area contributed by atoms with Crippen molar-refractivity contribution in [3.05, 3.63) is 57.0 Å². The molecule has 1 aromatic carbocycles. The molecule has 1 aromatic heterocycles. The van der Waals surface area contributed by atoms with Gasteiger partial charge in [0.05, 0.1) is 5.02 Å². The molecule has 1 heterocycles. The molecule has 0 saturated heterocycles. The van der Waals surface area contributed by atoms with Crippen LogP contribution in [0.25, 0.3) is 0 Å². The van der Waals surface area contributed by atoms with Crippen LogP contribution in [-0.2, 0) is 13.6 Å². The van der Waals surface area contributed by atoms with Crippen LogP contribution in [0.3, 0.4) is 0 Å². The number of hydrogen-bond acceptors (Lipinski definition) is 5. The molecule has 0 atom stereocenters. The van der Waals surface area contributed by atoms with E-state index in [2.05, 4.69) is 10.0 Å². The fourth-order valence-corrected chi connectivity index (χ4v) is 3.15. The van der Waals surface area contributed by atoms with Crippen molar-refractivity contribution < 1.29 is 9.90 Å². The van der Waals surface area contributed by atoms with Gasteiger partial charge in [0.1, 0.15) is 0 Å².